The van der Waals surface area contributed by atoms with Crippen molar-refractivity contribution in [3.8, 4) is 5.75 Å². The number of esters is 1. The van der Waals surface area contributed by atoms with Gasteiger partial charge in [-0.05, 0) is 49.7 Å². The third kappa shape index (κ3) is 5.90. The van der Waals surface area contributed by atoms with Gasteiger partial charge in [-0.2, -0.15) is 0 Å². The van der Waals surface area contributed by atoms with Crippen LogP contribution in [0.15, 0.2) is 47.4 Å². The van der Waals surface area contributed by atoms with E-state index in [1.165, 1.54) is 13.2 Å². The number of carbonyl (C=O) groups is 2. The number of methoxy groups -OCH3 is 1. The number of hydrogen-bond acceptors (Lipinski definition) is 6. The van der Waals surface area contributed by atoms with Crippen LogP contribution in [0.2, 0.25) is 0 Å². The number of Topliss-reactive ketones (excluding diaryl/α,β-unsaturated/α-hetero) is 1. The summed E-state index contributed by atoms with van der Waals surface area (Å²) in [5.41, 5.74) is 1.98. The first-order chi connectivity index (χ1) is 13.2. The third-order valence-corrected chi connectivity index (χ3v) is 5.64. The molecule has 2 rings (SSSR count). The minimum absolute atomic E-state index is 0.120. The summed E-state index contributed by atoms with van der Waals surface area (Å²) < 4.78 is 36.9. The molecule has 0 fully saturated rings. The molecule has 0 amide bonds. The van der Waals surface area contributed by atoms with Gasteiger partial charge < -0.3 is 9.47 Å². The molecule has 2 aromatic carbocycles. The van der Waals surface area contributed by atoms with E-state index in [1.807, 2.05) is 6.92 Å². The van der Waals surface area contributed by atoms with E-state index in [4.69, 9.17) is 9.47 Å². The Hall–Kier alpha value is -2.71. The molecule has 0 heterocycles. The van der Waals surface area contributed by atoms with Gasteiger partial charge in [-0.1, -0.05) is 17.7 Å². The van der Waals surface area contributed by atoms with E-state index < -0.39 is 22.6 Å². The van der Waals surface area contributed by atoms with E-state index in [0.717, 1.165) is 5.56 Å². The van der Waals surface area contributed by atoms with Crippen molar-refractivity contribution in [3.63, 3.8) is 0 Å². The summed E-state index contributed by atoms with van der Waals surface area (Å²) in [6, 6.07) is 11.4. The molecule has 7 nitrogen and oxygen atoms in total. The van der Waals surface area contributed by atoms with Gasteiger partial charge in [-0.3, -0.25) is 9.59 Å². The van der Waals surface area contributed by atoms with Crippen molar-refractivity contribution in [1.82, 2.24) is 4.72 Å². The van der Waals surface area contributed by atoms with Crippen LogP contribution in [0.4, 0.5) is 0 Å². The summed E-state index contributed by atoms with van der Waals surface area (Å²) in [6.45, 7) is 3.06. The van der Waals surface area contributed by atoms with Gasteiger partial charge in [0, 0.05) is 12.1 Å². The molecule has 0 saturated heterocycles. The van der Waals surface area contributed by atoms with Gasteiger partial charge in [-0.25, -0.2) is 13.1 Å². The normalized spacial score (nSPS) is 11.1. The first-order valence-corrected chi connectivity index (χ1v) is 10.1. The molecule has 0 spiro atoms. The Morgan fingerprint density at radius 3 is 2.32 bits per heavy atom. The average Bonchev–Trinajstić information content (AvgIpc) is 2.65. The molecule has 150 valence electrons. The fourth-order valence-corrected chi connectivity index (χ4v) is 3.80. The lowest BCUT2D eigenvalue weighted by Gasteiger charge is -2.10. The molecule has 0 saturated carbocycles. The number of sulfonamides is 1. The van der Waals surface area contributed by atoms with E-state index in [-0.39, 0.29) is 23.6 Å². The first-order valence-electron chi connectivity index (χ1n) is 8.63. The zero-order valence-corrected chi connectivity index (χ0v) is 16.8. The summed E-state index contributed by atoms with van der Waals surface area (Å²) in [4.78, 5) is 24.0. The summed E-state index contributed by atoms with van der Waals surface area (Å²) in [5, 5.41) is 0. The molecule has 0 atom stereocenters. The number of aryl methyl sites for hydroxylation is 2. The maximum Gasteiger partial charge on any atom is 0.307 e. The highest BCUT2D eigenvalue weighted by atomic mass is 32.2. The van der Waals surface area contributed by atoms with Crippen LogP contribution in [0.25, 0.3) is 0 Å². The molecule has 0 unspecified atom stereocenters. The van der Waals surface area contributed by atoms with Crippen LogP contribution in [-0.4, -0.2) is 40.4 Å². The molecule has 0 bridgehead atoms. The molecular formula is C20H23NO6S. The molecule has 1 N–H and O–H groups in total. The zero-order chi connectivity index (χ0) is 20.7. The fraction of sp³-hybridized carbons (Fsp3) is 0.300. The number of ether oxygens (including phenoxy) is 2. The van der Waals surface area contributed by atoms with Gasteiger partial charge in [-0.15, -0.1) is 0 Å². The van der Waals surface area contributed by atoms with E-state index in [0.29, 0.717) is 16.9 Å². The Kier molecular flexibility index (Phi) is 7.31. The van der Waals surface area contributed by atoms with Gasteiger partial charge >= 0.3 is 5.97 Å². The van der Waals surface area contributed by atoms with Gasteiger partial charge in [0.05, 0.1) is 18.4 Å². The summed E-state index contributed by atoms with van der Waals surface area (Å²) in [7, 11) is -2.20. The van der Waals surface area contributed by atoms with E-state index >= 15 is 0 Å². The monoisotopic (exact) mass is 405 g/mol. The van der Waals surface area contributed by atoms with E-state index in [2.05, 4.69) is 4.72 Å². The lowest BCUT2D eigenvalue weighted by atomic mass is 10.1. The Morgan fingerprint density at radius 2 is 1.71 bits per heavy atom. The number of carbonyl (C=O) groups excluding carboxylic acids is 2. The van der Waals surface area contributed by atoms with Gasteiger partial charge in [0.2, 0.25) is 10.0 Å². The average molecular weight is 405 g/mol. The second-order valence-corrected chi connectivity index (χ2v) is 7.96. The van der Waals surface area contributed by atoms with Crippen molar-refractivity contribution >= 4 is 21.8 Å². The molecule has 8 heteroatoms. The smallest absolute Gasteiger partial charge is 0.307 e. The predicted octanol–water partition coefficient (Wildman–Crippen LogP) is 2.41. The highest BCUT2D eigenvalue weighted by Crippen LogP contribution is 2.16. The zero-order valence-electron chi connectivity index (χ0n) is 16.0. The van der Waals surface area contributed by atoms with E-state index in [9.17, 15) is 18.0 Å². The molecule has 2 aromatic rings. The maximum atomic E-state index is 12.3. The van der Waals surface area contributed by atoms with Crippen LogP contribution in [-0.2, 0) is 19.6 Å². The number of benzene rings is 2. The van der Waals surface area contributed by atoms with Crippen molar-refractivity contribution < 1.29 is 27.5 Å². The van der Waals surface area contributed by atoms with Crippen LogP contribution in [0, 0.1) is 13.8 Å². The van der Waals surface area contributed by atoms with Gasteiger partial charge in [0.1, 0.15) is 5.75 Å². The first kappa shape index (κ1) is 21.6. The Bertz CT molecular complexity index is 951. The number of hydrogen-bond donors (Lipinski definition) is 1. The largest absolute Gasteiger partial charge is 0.497 e. The fourth-order valence-electron chi connectivity index (χ4n) is 2.54. The van der Waals surface area contributed by atoms with E-state index in [1.54, 1.807) is 43.3 Å². The van der Waals surface area contributed by atoms with Crippen molar-refractivity contribution in [1.29, 1.82) is 0 Å². The molecule has 0 aliphatic heterocycles. The summed E-state index contributed by atoms with van der Waals surface area (Å²) in [6.07, 6.45) is -0.181. The topological polar surface area (TPSA) is 98.8 Å². The second-order valence-electron chi connectivity index (χ2n) is 6.23. The summed E-state index contributed by atoms with van der Waals surface area (Å²) >= 11 is 0. The molecular weight excluding hydrogens is 382 g/mol. The minimum Gasteiger partial charge on any atom is -0.497 e. The summed E-state index contributed by atoms with van der Waals surface area (Å²) in [5.74, 6) is -0.401. The highest BCUT2D eigenvalue weighted by molar-refractivity contribution is 7.89. The van der Waals surface area contributed by atoms with Crippen LogP contribution in [0.3, 0.4) is 0 Å². The standard InChI is InChI=1S/C20H23NO6S/c1-14-4-9-19(15(2)12-14)28(24,25)21-11-10-20(23)27-13-18(22)16-5-7-17(26-3)8-6-16/h4-9,12,21H,10-11,13H2,1-3H3. The molecule has 0 aliphatic rings. The molecule has 0 radical (unpaired) electrons. The maximum absolute atomic E-state index is 12.3. The Labute approximate surface area is 164 Å². The van der Waals surface area contributed by atoms with Crippen LogP contribution < -0.4 is 9.46 Å². The van der Waals surface area contributed by atoms with Crippen molar-refractivity contribution in [3.05, 3.63) is 59.2 Å². The van der Waals surface area contributed by atoms with Crippen molar-refractivity contribution in [2.45, 2.75) is 25.2 Å². The SMILES string of the molecule is COc1ccc(C(=O)COC(=O)CCNS(=O)(=O)c2ccc(C)cc2C)cc1. The van der Waals surface area contributed by atoms with Crippen LogP contribution in [0.1, 0.15) is 27.9 Å². The lowest BCUT2D eigenvalue weighted by molar-refractivity contribution is -0.142. The van der Waals surface area contributed by atoms with Gasteiger partial charge in [0.15, 0.2) is 12.4 Å². The number of rotatable bonds is 9. The second kappa shape index (κ2) is 9.48. The van der Waals surface area contributed by atoms with Crippen LogP contribution >= 0.6 is 0 Å². The van der Waals surface area contributed by atoms with Crippen molar-refractivity contribution in [2.75, 3.05) is 20.3 Å². The minimum atomic E-state index is -3.72. The predicted molar refractivity (Wildman–Crippen MR) is 104 cm³/mol. The van der Waals surface area contributed by atoms with Crippen molar-refractivity contribution in [2.24, 2.45) is 0 Å². The Morgan fingerprint density at radius 1 is 1.04 bits per heavy atom. The molecule has 0 aliphatic carbocycles. The number of ketones is 1. The van der Waals surface area contributed by atoms with Gasteiger partial charge in [0.25, 0.3) is 0 Å². The third-order valence-electron chi connectivity index (χ3n) is 4.02. The van der Waals surface area contributed by atoms with Crippen LogP contribution in [0.5, 0.6) is 5.75 Å². The highest BCUT2D eigenvalue weighted by Gasteiger charge is 2.17. The molecule has 0 aromatic heterocycles. The lowest BCUT2D eigenvalue weighted by Crippen LogP contribution is -2.27. The quantitative estimate of drug-likeness (QED) is 0.508. The molecule has 28 heavy (non-hydrogen) atoms. The number of nitrogens with one attached hydrogen (secondary N) is 1. The Balaban J connectivity index is 1.81.